The van der Waals surface area contributed by atoms with E-state index in [1.54, 1.807) is 0 Å². The third-order valence-electron chi connectivity index (χ3n) is 3.80. The fraction of sp³-hybridized carbons (Fsp3) is 0.450. The highest BCUT2D eigenvalue weighted by atomic mass is 14.9. The number of nitrogens with one attached hydrogen (secondary N) is 1. The van der Waals surface area contributed by atoms with Crippen molar-refractivity contribution in [2.45, 2.75) is 46.1 Å². The second-order valence-electron chi connectivity index (χ2n) is 5.67. The maximum atomic E-state index is 4.53. The van der Waals surface area contributed by atoms with Crippen LogP contribution in [0.1, 0.15) is 38.3 Å². The Labute approximate surface area is 136 Å². The van der Waals surface area contributed by atoms with Crippen molar-refractivity contribution in [1.29, 1.82) is 0 Å². The molecule has 0 aliphatic rings. The van der Waals surface area contributed by atoms with E-state index in [0.717, 1.165) is 25.8 Å². The number of hydrogen-bond acceptors (Lipinski definition) is 2. The van der Waals surface area contributed by atoms with E-state index < -0.39 is 0 Å². The van der Waals surface area contributed by atoms with E-state index in [1.165, 1.54) is 22.4 Å². The third-order valence-corrected chi connectivity index (χ3v) is 3.80. The van der Waals surface area contributed by atoms with Crippen molar-refractivity contribution in [1.82, 2.24) is 5.32 Å². The largest absolute Gasteiger partial charge is 0.313 e. The number of nitrogens with zero attached hydrogens (tertiary/aromatic N) is 1. The smallest absolute Gasteiger partial charge is 0.0364 e. The Kier molecular flexibility index (Phi) is 8.46. The first-order valence-corrected chi connectivity index (χ1v) is 8.17. The molecule has 0 bridgehead atoms. The molecule has 0 heterocycles. The molecule has 1 aromatic rings. The van der Waals surface area contributed by atoms with Crippen LogP contribution in [-0.4, -0.2) is 25.3 Å². The summed E-state index contributed by atoms with van der Waals surface area (Å²) < 4.78 is 0. The normalized spacial score (nSPS) is 13.5. The number of likely N-dealkylation sites (N-methyl/N-ethyl adjacent to an activating group) is 1. The molecule has 1 aromatic carbocycles. The molecule has 1 N–H and O–H groups in total. The summed E-state index contributed by atoms with van der Waals surface area (Å²) in [5.74, 6) is 0. The average Bonchev–Trinajstić information content (AvgIpc) is 2.51. The van der Waals surface area contributed by atoms with Crippen LogP contribution in [0, 0.1) is 0 Å². The zero-order valence-corrected chi connectivity index (χ0v) is 14.5. The fourth-order valence-electron chi connectivity index (χ4n) is 2.48. The summed E-state index contributed by atoms with van der Waals surface area (Å²) >= 11 is 0. The van der Waals surface area contributed by atoms with Crippen molar-refractivity contribution in [2.75, 3.05) is 13.6 Å². The van der Waals surface area contributed by atoms with Crippen LogP contribution in [0.3, 0.4) is 0 Å². The van der Waals surface area contributed by atoms with Crippen molar-refractivity contribution in [3.05, 3.63) is 59.7 Å². The minimum Gasteiger partial charge on any atom is -0.313 e. The molecule has 0 spiro atoms. The summed E-state index contributed by atoms with van der Waals surface area (Å²) in [5.41, 5.74) is 5.08. The Morgan fingerprint density at radius 1 is 1.27 bits per heavy atom. The molecular formula is C20H30N2. The fourth-order valence-corrected chi connectivity index (χ4v) is 2.48. The molecule has 0 saturated carbocycles. The van der Waals surface area contributed by atoms with Gasteiger partial charge in [-0.1, -0.05) is 42.5 Å². The van der Waals surface area contributed by atoms with E-state index in [4.69, 9.17) is 0 Å². The van der Waals surface area contributed by atoms with Crippen LogP contribution in [0.2, 0.25) is 0 Å². The minimum absolute atomic E-state index is 0.351. The van der Waals surface area contributed by atoms with Crippen molar-refractivity contribution < 1.29 is 0 Å². The number of benzene rings is 1. The Morgan fingerprint density at radius 2 is 1.91 bits per heavy atom. The predicted molar refractivity (Wildman–Crippen MR) is 98.9 cm³/mol. The van der Waals surface area contributed by atoms with Gasteiger partial charge in [0.25, 0.3) is 0 Å². The first-order valence-electron chi connectivity index (χ1n) is 8.17. The Hall–Kier alpha value is -1.67. The minimum atomic E-state index is 0.351. The summed E-state index contributed by atoms with van der Waals surface area (Å²) in [5, 5.41) is 3.31. The summed E-state index contributed by atoms with van der Waals surface area (Å²) in [4.78, 5) is 4.53. The lowest BCUT2D eigenvalue weighted by molar-refractivity contribution is 0.634. The van der Waals surface area contributed by atoms with E-state index in [9.17, 15) is 0 Å². The number of allylic oxidation sites excluding steroid dienone is 2. The highest BCUT2D eigenvalue weighted by molar-refractivity contribution is 5.95. The number of hydrogen-bond donors (Lipinski definition) is 1. The van der Waals surface area contributed by atoms with Crippen LogP contribution in [0.15, 0.2) is 53.6 Å². The van der Waals surface area contributed by atoms with Gasteiger partial charge in [0.15, 0.2) is 0 Å². The van der Waals surface area contributed by atoms with Gasteiger partial charge >= 0.3 is 0 Å². The Morgan fingerprint density at radius 3 is 2.41 bits per heavy atom. The summed E-state index contributed by atoms with van der Waals surface area (Å²) in [6, 6.07) is 9.28. The SMILES string of the molecule is C=C(C)C(Cc1ccc(CCC(/C=C\C)=NCC)cc1)NC. The molecule has 1 unspecified atom stereocenters. The lowest BCUT2D eigenvalue weighted by atomic mass is 9.99. The lowest BCUT2D eigenvalue weighted by Gasteiger charge is -2.16. The van der Waals surface area contributed by atoms with Gasteiger partial charge in [0, 0.05) is 18.3 Å². The third kappa shape index (κ3) is 6.40. The topological polar surface area (TPSA) is 24.4 Å². The van der Waals surface area contributed by atoms with Gasteiger partial charge in [-0.2, -0.15) is 0 Å². The predicted octanol–water partition coefficient (Wildman–Crippen LogP) is 4.36. The molecule has 2 nitrogen and oxygen atoms in total. The Balaban J connectivity index is 2.61. The molecular weight excluding hydrogens is 268 g/mol. The van der Waals surface area contributed by atoms with E-state index >= 15 is 0 Å². The maximum absolute atomic E-state index is 4.53. The molecule has 0 fully saturated rings. The quantitative estimate of drug-likeness (QED) is 0.531. The van der Waals surface area contributed by atoms with Gasteiger partial charge < -0.3 is 5.32 Å². The van der Waals surface area contributed by atoms with Gasteiger partial charge in [0.1, 0.15) is 0 Å². The van der Waals surface area contributed by atoms with Gasteiger partial charge in [0.2, 0.25) is 0 Å². The molecule has 1 atom stereocenters. The van der Waals surface area contributed by atoms with Crippen LogP contribution in [0.4, 0.5) is 0 Å². The first kappa shape index (κ1) is 18.4. The highest BCUT2D eigenvalue weighted by Gasteiger charge is 2.07. The Bertz CT molecular complexity index is 509. The molecule has 0 radical (unpaired) electrons. The number of aliphatic imine (C=N–C) groups is 1. The summed E-state index contributed by atoms with van der Waals surface area (Å²) in [7, 11) is 1.99. The van der Waals surface area contributed by atoms with E-state index in [2.05, 4.69) is 67.2 Å². The van der Waals surface area contributed by atoms with Gasteiger partial charge in [0.05, 0.1) is 0 Å². The first-order chi connectivity index (χ1) is 10.6. The van der Waals surface area contributed by atoms with Gasteiger partial charge in [-0.05, 0) is 64.3 Å². The van der Waals surface area contributed by atoms with Crippen LogP contribution in [0.25, 0.3) is 0 Å². The monoisotopic (exact) mass is 298 g/mol. The van der Waals surface area contributed by atoms with Gasteiger partial charge in [-0.15, -0.1) is 0 Å². The molecule has 120 valence electrons. The molecule has 0 amide bonds. The van der Waals surface area contributed by atoms with Crippen molar-refractivity contribution in [3.63, 3.8) is 0 Å². The molecule has 2 heteroatoms. The van der Waals surface area contributed by atoms with Crippen molar-refractivity contribution in [3.8, 4) is 0 Å². The molecule has 0 aliphatic carbocycles. The van der Waals surface area contributed by atoms with Gasteiger partial charge in [-0.25, -0.2) is 0 Å². The average molecular weight is 298 g/mol. The van der Waals surface area contributed by atoms with Gasteiger partial charge in [-0.3, -0.25) is 4.99 Å². The maximum Gasteiger partial charge on any atom is 0.0364 e. The van der Waals surface area contributed by atoms with Crippen LogP contribution < -0.4 is 5.32 Å². The van der Waals surface area contributed by atoms with Crippen LogP contribution in [-0.2, 0) is 12.8 Å². The van der Waals surface area contributed by atoms with Crippen LogP contribution >= 0.6 is 0 Å². The van der Waals surface area contributed by atoms with Crippen molar-refractivity contribution in [2.24, 2.45) is 4.99 Å². The zero-order chi connectivity index (χ0) is 16.4. The molecule has 0 aromatic heterocycles. The molecule has 0 aliphatic heterocycles. The second kappa shape index (κ2) is 10.1. The van der Waals surface area contributed by atoms with E-state index in [0.29, 0.717) is 6.04 Å². The van der Waals surface area contributed by atoms with E-state index in [1.807, 2.05) is 14.0 Å². The molecule has 0 saturated heterocycles. The van der Waals surface area contributed by atoms with Crippen LogP contribution in [0.5, 0.6) is 0 Å². The van der Waals surface area contributed by atoms with E-state index in [-0.39, 0.29) is 0 Å². The number of aryl methyl sites for hydroxylation is 1. The van der Waals surface area contributed by atoms with Crippen molar-refractivity contribution >= 4 is 5.71 Å². The molecule has 1 rings (SSSR count). The lowest BCUT2D eigenvalue weighted by Crippen LogP contribution is -2.28. The standard InChI is InChI=1S/C20H30N2/c1-6-8-19(22-7-2)14-13-17-9-11-18(12-10-17)15-20(21-5)16(3)4/h6,8-12,20-21H,3,7,13-15H2,1-2,4-5H3/b8-6-,22-19?. The summed E-state index contributed by atoms with van der Waals surface area (Å²) in [6.45, 7) is 11.1. The number of rotatable bonds is 9. The highest BCUT2D eigenvalue weighted by Crippen LogP contribution is 2.12. The summed E-state index contributed by atoms with van der Waals surface area (Å²) in [6.07, 6.45) is 7.21. The molecule has 22 heavy (non-hydrogen) atoms. The second-order valence-corrected chi connectivity index (χ2v) is 5.67. The zero-order valence-electron chi connectivity index (χ0n) is 14.5.